The van der Waals surface area contributed by atoms with Crippen molar-refractivity contribution in [1.82, 2.24) is 4.90 Å². The van der Waals surface area contributed by atoms with Crippen molar-refractivity contribution in [3.05, 3.63) is 58.5 Å². The Morgan fingerprint density at radius 1 is 1.16 bits per heavy atom. The second kappa shape index (κ2) is 7.13. The molecule has 5 heteroatoms. The fourth-order valence-corrected chi connectivity index (χ4v) is 3.00. The van der Waals surface area contributed by atoms with Gasteiger partial charge in [-0.2, -0.15) is 0 Å². The largest absolute Gasteiger partial charge is 0.481 e. The number of likely N-dealkylation sites (N-methyl/N-ethyl adjacent to an activating group) is 1. The van der Waals surface area contributed by atoms with Gasteiger partial charge in [0.2, 0.25) is 0 Å². The molecule has 0 atom stereocenters. The maximum absolute atomic E-state index is 12.9. The summed E-state index contributed by atoms with van der Waals surface area (Å²) in [6.07, 6.45) is 1.13. The van der Waals surface area contributed by atoms with Crippen LogP contribution in [-0.4, -0.2) is 35.5 Å². The van der Waals surface area contributed by atoms with Crippen LogP contribution in [0.15, 0.2) is 34.9 Å². The standard InChI is InChI=1S/C20H25NO4/c1-13-6-8-15(9-7-13)20(3,4)12-21(5)19(24)18-14(2)11-25-16(18)10-17(22)23/h6-9,11H,10,12H2,1-5H3,(H,22,23). The van der Waals surface area contributed by atoms with Crippen LogP contribution < -0.4 is 0 Å². The van der Waals surface area contributed by atoms with Crippen molar-refractivity contribution in [2.75, 3.05) is 13.6 Å². The molecule has 0 aliphatic carbocycles. The summed E-state index contributed by atoms with van der Waals surface area (Å²) in [5.41, 5.74) is 3.11. The maximum atomic E-state index is 12.9. The smallest absolute Gasteiger partial charge is 0.311 e. The molecular weight excluding hydrogens is 318 g/mol. The van der Waals surface area contributed by atoms with E-state index in [0.717, 1.165) is 5.56 Å². The summed E-state index contributed by atoms with van der Waals surface area (Å²) in [4.78, 5) is 25.5. The lowest BCUT2D eigenvalue weighted by Crippen LogP contribution is -2.38. The summed E-state index contributed by atoms with van der Waals surface area (Å²) >= 11 is 0. The van der Waals surface area contributed by atoms with E-state index in [2.05, 4.69) is 38.1 Å². The van der Waals surface area contributed by atoms with Crippen LogP contribution in [0.25, 0.3) is 0 Å². The Morgan fingerprint density at radius 2 is 1.76 bits per heavy atom. The van der Waals surface area contributed by atoms with Gasteiger partial charge >= 0.3 is 5.97 Å². The van der Waals surface area contributed by atoms with E-state index in [-0.39, 0.29) is 23.5 Å². The Hall–Kier alpha value is -2.56. The monoisotopic (exact) mass is 343 g/mol. The van der Waals surface area contributed by atoms with Crippen LogP contribution in [-0.2, 0) is 16.6 Å². The molecule has 0 saturated heterocycles. The number of hydrogen-bond acceptors (Lipinski definition) is 3. The summed E-state index contributed by atoms with van der Waals surface area (Å²) in [5.74, 6) is -1.04. The Balaban J connectivity index is 2.21. The highest BCUT2D eigenvalue weighted by Crippen LogP contribution is 2.26. The predicted molar refractivity (Wildman–Crippen MR) is 96.0 cm³/mol. The zero-order valence-electron chi connectivity index (χ0n) is 15.4. The fourth-order valence-electron chi connectivity index (χ4n) is 3.00. The SMILES string of the molecule is Cc1ccc(C(C)(C)CN(C)C(=O)c2c(C)coc2CC(=O)O)cc1. The number of nitrogens with zero attached hydrogens (tertiary/aromatic N) is 1. The normalized spacial score (nSPS) is 11.4. The minimum Gasteiger partial charge on any atom is -0.481 e. The summed E-state index contributed by atoms with van der Waals surface area (Å²) in [5, 5.41) is 8.99. The number of aliphatic carboxylic acids is 1. The molecule has 1 heterocycles. The van der Waals surface area contributed by atoms with Gasteiger partial charge in [0, 0.05) is 24.6 Å². The Labute approximate surface area is 148 Å². The molecule has 0 spiro atoms. The summed E-state index contributed by atoms with van der Waals surface area (Å²) in [6.45, 7) is 8.47. The van der Waals surface area contributed by atoms with Crippen LogP contribution >= 0.6 is 0 Å². The van der Waals surface area contributed by atoms with Gasteiger partial charge in [-0.05, 0) is 19.4 Å². The van der Waals surface area contributed by atoms with Gasteiger partial charge in [-0.1, -0.05) is 43.7 Å². The number of benzene rings is 1. The van der Waals surface area contributed by atoms with Crippen molar-refractivity contribution in [2.24, 2.45) is 0 Å². The van der Waals surface area contributed by atoms with Crippen molar-refractivity contribution in [2.45, 2.75) is 39.5 Å². The zero-order chi connectivity index (χ0) is 18.8. The lowest BCUT2D eigenvalue weighted by atomic mass is 9.83. The van der Waals surface area contributed by atoms with Gasteiger partial charge in [-0.25, -0.2) is 0 Å². The second-order valence-electron chi connectivity index (χ2n) is 7.20. The molecule has 0 radical (unpaired) electrons. The molecule has 0 bridgehead atoms. The van der Waals surface area contributed by atoms with E-state index in [1.54, 1.807) is 18.9 Å². The molecule has 0 aliphatic rings. The van der Waals surface area contributed by atoms with Gasteiger partial charge < -0.3 is 14.4 Å². The molecule has 2 aromatic rings. The van der Waals surface area contributed by atoms with Crippen LogP contribution in [0.4, 0.5) is 0 Å². The van der Waals surface area contributed by atoms with Crippen molar-refractivity contribution < 1.29 is 19.1 Å². The molecule has 0 saturated carbocycles. The molecule has 25 heavy (non-hydrogen) atoms. The van der Waals surface area contributed by atoms with Gasteiger partial charge in [0.15, 0.2) is 0 Å². The van der Waals surface area contributed by atoms with E-state index in [1.165, 1.54) is 11.8 Å². The number of carboxylic acids is 1. The fraction of sp³-hybridized carbons (Fsp3) is 0.400. The van der Waals surface area contributed by atoms with Gasteiger partial charge in [0.25, 0.3) is 5.91 Å². The minimum atomic E-state index is -1.02. The molecule has 0 fully saturated rings. The lowest BCUT2D eigenvalue weighted by Gasteiger charge is -2.31. The van der Waals surface area contributed by atoms with E-state index in [0.29, 0.717) is 17.7 Å². The second-order valence-corrected chi connectivity index (χ2v) is 7.20. The highest BCUT2D eigenvalue weighted by atomic mass is 16.4. The van der Waals surface area contributed by atoms with Gasteiger partial charge in [0.05, 0.1) is 11.8 Å². The van der Waals surface area contributed by atoms with E-state index in [4.69, 9.17) is 9.52 Å². The van der Waals surface area contributed by atoms with Crippen molar-refractivity contribution >= 4 is 11.9 Å². The van der Waals surface area contributed by atoms with Crippen LogP contribution in [0.1, 0.15) is 46.7 Å². The number of amides is 1. The van der Waals surface area contributed by atoms with Crippen LogP contribution in [0.2, 0.25) is 0 Å². The van der Waals surface area contributed by atoms with Gasteiger partial charge in [-0.15, -0.1) is 0 Å². The van der Waals surface area contributed by atoms with E-state index in [9.17, 15) is 9.59 Å². The van der Waals surface area contributed by atoms with E-state index in [1.807, 2.05) is 6.92 Å². The number of hydrogen-bond donors (Lipinski definition) is 1. The molecule has 2 rings (SSSR count). The molecule has 1 aromatic carbocycles. The Kier molecular flexibility index (Phi) is 5.36. The van der Waals surface area contributed by atoms with Crippen LogP contribution in [0.5, 0.6) is 0 Å². The van der Waals surface area contributed by atoms with Crippen LogP contribution in [0, 0.1) is 13.8 Å². The first-order chi connectivity index (χ1) is 11.6. The molecule has 5 nitrogen and oxygen atoms in total. The zero-order valence-corrected chi connectivity index (χ0v) is 15.4. The average Bonchev–Trinajstić information content (AvgIpc) is 2.86. The molecule has 0 aliphatic heterocycles. The highest BCUT2D eigenvalue weighted by Gasteiger charge is 2.28. The predicted octanol–water partition coefficient (Wildman–Crippen LogP) is 3.57. The number of furan rings is 1. The maximum Gasteiger partial charge on any atom is 0.311 e. The number of carboxylic acid groups (broad SMARTS) is 1. The minimum absolute atomic E-state index is 0.204. The summed E-state index contributed by atoms with van der Waals surface area (Å²) < 4.78 is 5.28. The summed E-state index contributed by atoms with van der Waals surface area (Å²) in [7, 11) is 1.73. The first-order valence-electron chi connectivity index (χ1n) is 8.23. The highest BCUT2D eigenvalue weighted by molar-refractivity contribution is 5.97. The number of carbonyl (C=O) groups is 2. The summed E-state index contributed by atoms with van der Waals surface area (Å²) in [6, 6.07) is 8.27. The third kappa shape index (κ3) is 4.29. The lowest BCUT2D eigenvalue weighted by molar-refractivity contribution is -0.136. The Morgan fingerprint density at radius 3 is 2.32 bits per heavy atom. The number of aryl methyl sites for hydroxylation is 2. The van der Waals surface area contributed by atoms with E-state index >= 15 is 0 Å². The first kappa shape index (κ1) is 18.8. The molecular formula is C20H25NO4. The van der Waals surface area contributed by atoms with Crippen molar-refractivity contribution in [3.8, 4) is 0 Å². The molecule has 1 amide bonds. The van der Waals surface area contributed by atoms with Crippen molar-refractivity contribution in [3.63, 3.8) is 0 Å². The quantitative estimate of drug-likeness (QED) is 0.870. The van der Waals surface area contributed by atoms with Gasteiger partial charge in [-0.3, -0.25) is 9.59 Å². The topological polar surface area (TPSA) is 70.8 Å². The molecule has 134 valence electrons. The third-order valence-electron chi connectivity index (χ3n) is 4.39. The number of rotatable bonds is 6. The number of carbonyl (C=O) groups excluding carboxylic acids is 1. The third-order valence-corrected chi connectivity index (χ3v) is 4.39. The first-order valence-corrected chi connectivity index (χ1v) is 8.23. The van der Waals surface area contributed by atoms with Crippen molar-refractivity contribution in [1.29, 1.82) is 0 Å². The molecule has 1 aromatic heterocycles. The molecule has 0 unspecified atom stereocenters. The molecule has 1 N–H and O–H groups in total. The van der Waals surface area contributed by atoms with Crippen LogP contribution in [0.3, 0.4) is 0 Å². The average molecular weight is 343 g/mol. The Bertz CT molecular complexity index is 771. The van der Waals surface area contributed by atoms with E-state index < -0.39 is 5.97 Å². The van der Waals surface area contributed by atoms with Gasteiger partial charge in [0.1, 0.15) is 12.2 Å².